The van der Waals surface area contributed by atoms with Crippen LogP contribution in [0.25, 0.3) is 11.1 Å². The molecule has 1 aromatic heterocycles. The molecule has 0 aliphatic carbocycles. The Morgan fingerprint density at radius 1 is 1.28 bits per heavy atom. The number of urea groups is 1. The lowest BCUT2D eigenvalue weighted by Crippen LogP contribution is -2.28. The molecule has 0 radical (unpaired) electrons. The Labute approximate surface area is 181 Å². The summed E-state index contributed by atoms with van der Waals surface area (Å²) in [4.78, 5) is 36.3. The number of amides is 2. The minimum Gasteiger partial charge on any atom is -0.472 e. The number of aromatic nitrogens is 1. The van der Waals surface area contributed by atoms with Crippen LogP contribution in [0.3, 0.4) is 0 Å². The van der Waals surface area contributed by atoms with E-state index in [2.05, 4.69) is 21.4 Å². The van der Waals surface area contributed by atoms with Gasteiger partial charge in [-0.15, -0.1) is 0 Å². The number of nitrogens with one attached hydrogen (secondary N) is 1. The fourth-order valence-electron chi connectivity index (χ4n) is 3.49. The first kappa shape index (κ1) is 22.2. The summed E-state index contributed by atoms with van der Waals surface area (Å²) in [6.45, 7) is 4.21. The van der Waals surface area contributed by atoms with Gasteiger partial charge in [-0.05, 0) is 30.8 Å². The van der Waals surface area contributed by atoms with Gasteiger partial charge in [-0.1, -0.05) is 0 Å². The second-order valence-electron chi connectivity index (χ2n) is 7.10. The third-order valence-electron chi connectivity index (χ3n) is 4.93. The van der Waals surface area contributed by atoms with Gasteiger partial charge in [-0.2, -0.15) is 0 Å². The van der Waals surface area contributed by atoms with Gasteiger partial charge in [0.15, 0.2) is 5.88 Å². The highest BCUT2D eigenvalue weighted by Gasteiger charge is 2.31. The Morgan fingerprint density at radius 2 is 2.00 bits per heavy atom. The fraction of sp³-hybridized carbons (Fsp3) is 0.263. The second kappa shape index (κ2) is 8.47. The number of rotatable bonds is 6. The predicted molar refractivity (Wildman–Crippen MR) is 110 cm³/mol. The summed E-state index contributed by atoms with van der Waals surface area (Å²) in [5, 5.41) is 2.65. The lowest BCUT2D eigenvalue weighted by Gasteiger charge is -2.18. The highest BCUT2D eigenvalue weighted by molar-refractivity contribution is 7.46. The molecule has 4 rings (SSSR count). The van der Waals surface area contributed by atoms with Crippen LogP contribution in [0.1, 0.15) is 0 Å². The van der Waals surface area contributed by atoms with Crippen molar-refractivity contribution in [2.75, 3.05) is 36.0 Å². The van der Waals surface area contributed by atoms with Gasteiger partial charge >= 0.3 is 13.9 Å². The molecule has 1 atom stereocenters. The van der Waals surface area contributed by atoms with Crippen molar-refractivity contribution in [3.8, 4) is 11.1 Å². The highest BCUT2D eigenvalue weighted by atomic mass is 31.2. The van der Waals surface area contributed by atoms with E-state index in [9.17, 15) is 18.1 Å². The molecule has 1 aromatic carbocycles. The number of phosphoric acid groups is 1. The molecule has 13 heteroatoms. The van der Waals surface area contributed by atoms with Crippen LogP contribution in [0.4, 0.5) is 25.1 Å². The largest absolute Gasteiger partial charge is 0.472 e. The van der Waals surface area contributed by atoms with E-state index < -0.39 is 32.2 Å². The maximum absolute atomic E-state index is 14.9. The lowest BCUT2D eigenvalue weighted by atomic mass is 10.1. The molecule has 2 fully saturated rings. The molecule has 2 aromatic rings. The molecule has 0 spiro atoms. The molecule has 3 heterocycles. The van der Waals surface area contributed by atoms with Gasteiger partial charge in [-0.25, -0.2) is 23.1 Å². The van der Waals surface area contributed by atoms with Crippen LogP contribution >= 0.6 is 7.82 Å². The van der Waals surface area contributed by atoms with Crippen molar-refractivity contribution in [1.82, 2.24) is 10.3 Å². The minimum atomic E-state index is -4.68. The second-order valence-corrected chi connectivity index (χ2v) is 8.34. The van der Waals surface area contributed by atoms with E-state index in [0.29, 0.717) is 18.9 Å². The number of pyridine rings is 1. The smallest absolute Gasteiger partial charge is 0.469 e. The number of carbonyl (C=O) groups is 1. The Morgan fingerprint density at radius 3 is 2.56 bits per heavy atom. The van der Waals surface area contributed by atoms with E-state index in [1.807, 2.05) is 0 Å². The number of benzene rings is 1. The maximum atomic E-state index is 14.9. The number of anilines is 2. The van der Waals surface area contributed by atoms with Crippen molar-refractivity contribution in [3.05, 3.63) is 54.6 Å². The molecule has 2 aliphatic heterocycles. The van der Waals surface area contributed by atoms with E-state index in [-0.39, 0.29) is 35.3 Å². The first-order valence-corrected chi connectivity index (χ1v) is 11.0. The van der Waals surface area contributed by atoms with E-state index in [0.717, 1.165) is 12.1 Å². The molecule has 32 heavy (non-hydrogen) atoms. The maximum Gasteiger partial charge on any atom is 0.469 e. The Balaban J connectivity index is 1.53. The van der Waals surface area contributed by atoms with Crippen molar-refractivity contribution in [2.24, 2.45) is 0 Å². The summed E-state index contributed by atoms with van der Waals surface area (Å²) in [7, 11) is -4.68. The lowest BCUT2D eigenvalue weighted by molar-refractivity contribution is 0.0888. The third-order valence-corrected chi connectivity index (χ3v) is 5.41. The summed E-state index contributed by atoms with van der Waals surface area (Å²) in [6.07, 6.45) is 0.510. The van der Waals surface area contributed by atoms with Gasteiger partial charge in [0.1, 0.15) is 23.6 Å². The summed E-state index contributed by atoms with van der Waals surface area (Å²) in [6, 6.07) is 4.89. The molecule has 0 unspecified atom stereocenters. The Bertz CT molecular complexity index is 1090. The minimum absolute atomic E-state index is 0.0329. The topological polar surface area (TPSA) is 124 Å². The van der Waals surface area contributed by atoms with Gasteiger partial charge in [0.2, 0.25) is 0 Å². The molecular weight excluding hydrogens is 449 g/mol. The van der Waals surface area contributed by atoms with E-state index in [1.54, 1.807) is 0 Å². The number of halogens is 2. The average molecular weight is 468 g/mol. The first-order chi connectivity index (χ1) is 15.1. The molecule has 0 bridgehead atoms. The molecular formula is C19H19F2N4O6P. The van der Waals surface area contributed by atoms with Crippen LogP contribution in [-0.4, -0.2) is 53.1 Å². The van der Waals surface area contributed by atoms with Crippen molar-refractivity contribution < 1.29 is 37.2 Å². The van der Waals surface area contributed by atoms with E-state index >= 15 is 0 Å². The number of hydrogen-bond acceptors (Lipinski definition) is 6. The van der Waals surface area contributed by atoms with Crippen LogP contribution in [0.5, 0.6) is 0 Å². The third kappa shape index (κ3) is 4.58. The average Bonchev–Trinajstić information content (AvgIpc) is 3.31. The van der Waals surface area contributed by atoms with Crippen LogP contribution in [-0.2, 0) is 13.8 Å². The zero-order chi connectivity index (χ0) is 23.0. The van der Waals surface area contributed by atoms with Gasteiger partial charge in [0, 0.05) is 30.5 Å². The zero-order valence-corrected chi connectivity index (χ0v) is 17.5. The monoisotopic (exact) mass is 468 g/mol. The van der Waals surface area contributed by atoms with Crippen LogP contribution in [0, 0.1) is 11.6 Å². The molecule has 10 nitrogen and oxygen atoms in total. The summed E-state index contributed by atoms with van der Waals surface area (Å²) in [5.41, 5.74) is 0.0239. The van der Waals surface area contributed by atoms with Crippen molar-refractivity contribution in [2.45, 2.75) is 6.10 Å². The highest BCUT2D eigenvalue weighted by Crippen LogP contribution is 2.38. The Hall–Kier alpha value is -3.05. The molecule has 170 valence electrons. The van der Waals surface area contributed by atoms with Gasteiger partial charge in [0.25, 0.3) is 0 Å². The van der Waals surface area contributed by atoms with Crippen LogP contribution < -0.4 is 15.1 Å². The van der Waals surface area contributed by atoms with E-state index in [1.165, 1.54) is 28.1 Å². The number of hydrogen-bond donors (Lipinski definition) is 3. The van der Waals surface area contributed by atoms with Crippen LogP contribution in [0.15, 0.2) is 42.9 Å². The van der Waals surface area contributed by atoms with Crippen molar-refractivity contribution in [1.29, 1.82) is 0 Å². The van der Waals surface area contributed by atoms with Gasteiger partial charge in [-0.3, -0.25) is 9.42 Å². The quantitative estimate of drug-likeness (QED) is 0.552. The summed E-state index contributed by atoms with van der Waals surface area (Å²) >= 11 is 0. The molecule has 2 saturated heterocycles. The van der Waals surface area contributed by atoms with Crippen molar-refractivity contribution in [3.63, 3.8) is 0 Å². The first-order valence-electron chi connectivity index (χ1n) is 9.46. The molecule has 2 aliphatic rings. The summed E-state index contributed by atoms with van der Waals surface area (Å²) in [5.74, 6) is -1.27. The standard InChI is InChI=1S/C19H19F2N4O6P/c1-11-25(9-14(31-11)10-30-32(27,28)29)13-6-15(20)18(16(21)7-13)12-2-3-17(23-8-12)24-5-4-22-19(24)26/h2-3,6-8,14H,1,4-5,9-10H2,(H,22,26)(H2,27,28,29)/t14-/m1/s1. The number of ether oxygens (including phenoxy) is 1. The normalized spacial score (nSPS) is 18.8. The molecule has 3 N–H and O–H groups in total. The zero-order valence-electron chi connectivity index (χ0n) is 16.6. The SMILES string of the molecule is C=C1O[C@@H](COP(=O)(O)O)CN1c1cc(F)c(-c2ccc(N3CCNC3=O)nc2)c(F)c1. The van der Waals surface area contributed by atoms with Gasteiger partial charge < -0.3 is 24.7 Å². The van der Waals surface area contributed by atoms with E-state index in [4.69, 9.17) is 14.5 Å². The fourth-order valence-corrected chi connectivity index (χ4v) is 3.85. The molecule has 0 saturated carbocycles. The summed E-state index contributed by atoms with van der Waals surface area (Å²) < 4.78 is 50.4. The number of carbonyl (C=O) groups excluding carboxylic acids is 1. The number of phosphoric ester groups is 1. The van der Waals surface area contributed by atoms with Crippen LogP contribution in [0.2, 0.25) is 0 Å². The Kier molecular flexibility index (Phi) is 5.87. The van der Waals surface area contributed by atoms with Crippen molar-refractivity contribution >= 4 is 25.4 Å². The number of nitrogens with zero attached hydrogens (tertiary/aromatic N) is 3. The predicted octanol–water partition coefficient (Wildman–Crippen LogP) is 2.34. The molecule has 2 amide bonds. The van der Waals surface area contributed by atoms with Gasteiger partial charge in [0.05, 0.1) is 18.7 Å².